The van der Waals surface area contributed by atoms with E-state index >= 15 is 0 Å². The third-order valence-electron chi connectivity index (χ3n) is 12.5. The Hall–Kier alpha value is -9.06. The maximum Gasteiger partial charge on any atom is 0.255 e. The van der Waals surface area contributed by atoms with Crippen molar-refractivity contribution in [2.24, 2.45) is 0 Å². The van der Waals surface area contributed by atoms with Gasteiger partial charge in [-0.3, -0.25) is 19.2 Å². The van der Waals surface area contributed by atoms with Crippen molar-refractivity contribution in [1.29, 1.82) is 0 Å². The predicted octanol–water partition coefficient (Wildman–Crippen LogP) is 7.32. The lowest BCUT2D eigenvalue weighted by Gasteiger charge is -2.30. The first-order valence-electron chi connectivity index (χ1n) is 23.7. The first-order valence-corrected chi connectivity index (χ1v) is 23.7. The van der Waals surface area contributed by atoms with Crippen molar-refractivity contribution in [3.63, 3.8) is 0 Å². The number of aromatic nitrogens is 8. The molecule has 0 bridgehead atoms. The molecule has 72 heavy (non-hydrogen) atoms. The molecule has 6 heterocycles. The Morgan fingerprint density at radius 2 is 0.972 bits per heavy atom. The van der Waals surface area contributed by atoms with E-state index in [1.165, 1.54) is 37.4 Å². The van der Waals surface area contributed by atoms with Gasteiger partial charge < -0.3 is 39.9 Å². The second-order valence-electron chi connectivity index (χ2n) is 17.5. The minimum atomic E-state index is -0.954. The summed E-state index contributed by atoms with van der Waals surface area (Å²) >= 11 is 0. The van der Waals surface area contributed by atoms with Gasteiger partial charge in [-0.15, -0.1) is 0 Å². The Morgan fingerprint density at radius 3 is 1.36 bits per heavy atom. The number of hydrogen-bond acceptors (Lipinski definition) is 12. The molecule has 0 aliphatic carbocycles. The number of carbonyl (C=O) groups is 4. The van der Waals surface area contributed by atoms with Crippen molar-refractivity contribution in [3.05, 3.63) is 180 Å². The fourth-order valence-corrected chi connectivity index (χ4v) is 9.10. The zero-order chi connectivity index (χ0) is 49.6. The van der Waals surface area contributed by atoms with Crippen molar-refractivity contribution in [3.8, 4) is 45.1 Å². The Balaban J connectivity index is 0.853. The molecule has 4 aromatic carbocycles. The lowest BCUT2D eigenvalue weighted by molar-refractivity contribution is -0.135. The van der Waals surface area contributed by atoms with Gasteiger partial charge in [-0.1, -0.05) is 74.5 Å². The third kappa shape index (κ3) is 9.87. The van der Waals surface area contributed by atoms with E-state index < -0.39 is 23.9 Å². The fourth-order valence-electron chi connectivity index (χ4n) is 9.10. The lowest BCUT2D eigenvalue weighted by atomic mass is 9.87. The summed E-state index contributed by atoms with van der Waals surface area (Å²) in [5.41, 5.74) is 8.86. The number of nitrogens with zero attached hydrogens (tertiary/aromatic N) is 8. The Morgan fingerprint density at radius 1 is 0.569 bits per heavy atom. The first-order chi connectivity index (χ1) is 35.2. The van der Waals surface area contributed by atoms with Crippen molar-refractivity contribution in [2.45, 2.75) is 65.1 Å². The molecule has 0 saturated carbocycles. The summed E-state index contributed by atoms with van der Waals surface area (Å²) in [5.74, 6) is 1.14. The molecule has 0 radical (unpaired) electrons. The minimum absolute atomic E-state index is 0.184. The smallest absolute Gasteiger partial charge is 0.255 e. The predicted molar refractivity (Wildman–Crippen MR) is 264 cm³/mol. The van der Waals surface area contributed by atoms with Gasteiger partial charge in [0, 0.05) is 71.3 Å². The molecule has 4 N–H and O–H groups in total. The van der Waals surface area contributed by atoms with Gasteiger partial charge in [-0.2, -0.15) is 0 Å². The van der Waals surface area contributed by atoms with Crippen LogP contribution in [0.1, 0.15) is 93.4 Å². The van der Waals surface area contributed by atoms with Gasteiger partial charge in [0.25, 0.3) is 11.8 Å². The molecule has 10 rings (SSSR count). The quantitative estimate of drug-likeness (QED) is 0.0664. The highest BCUT2D eigenvalue weighted by atomic mass is 16.5. The number of aromatic amines is 2. The maximum atomic E-state index is 14.3. The van der Waals surface area contributed by atoms with Gasteiger partial charge in [0.05, 0.1) is 48.0 Å². The first kappa shape index (κ1) is 46.7. The monoisotopic (exact) mass is 962 g/mol. The van der Waals surface area contributed by atoms with E-state index in [-0.39, 0.29) is 36.0 Å². The number of benzene rings is 4. The molecule has 4 aromatic heterocycles. The Bertz CT molecular complexity index is 2970. The highest BCUT2D eigenvalue weighted by Crippen LogP contribution is 2.50. The standard InChI is InChI=1S/C54H50N12O6/c1-3-15-65(53(69)49(33-11-7-5-8-12-33)63-51(67)39-21-55-31-56-22-39)27-45-59-25-41(61-45)35-17-37-29-72-44-20-36(18-38-30-71-43(19-35)47(37)48(38)44)42-26-60-46(62-42)28-66(16-4-2)54(70)50(34-13-9-6-10-14-34)64-52(68)40-23-57-32-58-24-40/h5-14,17-26,31-32,49-50H,3-4,15-16,27-30H2,1-2H3,(H,59,61)(H,60,62)(H,63,67)(H,64,68)/t49-,50-/m1/s1. The molecule has 0 spiro atoms. The van der Waals surface area contributed by atoms with E-state index in [2.05, 4.69) is 52.7 Å². The number of rotatable bonds is 18. The van der Waals surface area contributed by atoms with Crippen molar-refractivity contribution in [2.75, 3.05) is 13.1 Å². The molecule has 2 atom stereocenters. The van der Waals surface area contributed by atoms with E-state index in [1.807, 2.05) is 86.6 Å². The van der Waals surface area contributed by atoms with Gasteiger partial charge in [0.15, 0.2) is 0 Å². The highest BCUT2D eigenvalue weighted by Gasteiger charge is 2.33. The lowest BCUT2D eigenvalue weighted by Crippen LogP contribution is -2.43. The van der Waals surface area contributed by atoms with E-state index in [4.69, 9.17) is 19.4 Å². The summed E-state index contributed by atoms with van der Waals surface area (Å²) < 4.78 is 12.9. The molecule has 0 saturated heterocycles. The average Bonchev–Trinajstić information content (AvgIpc) is 4.11. The van der Waals surface area contributed by atoms with E-state index in [0.717, 1.165) is 56.3 Å². The van der Waals surface area contributed by atoms with E-state index in [1.54, 1.807) is 22.2 Å². The van der Waals surface area contributed by atoms with Crippen LogP contribution in [0.2, 0.25) is 0 Å². The second kappa shape index (κ2) is 20.9. The van der Waals surface area contributed by atoms with Crippen LogP contribution in [0.3, 0.4) is 0 Å². The van der Waals surface area contributed by atoms with Crippen LogP contribution in [0.25, 0.3) is 33.6 Å². The number of H-pyrrole nitrogens is 2. The Kier molecular flexibility index (Phi) is 13.5. The number of amides is 4. The van der Waals surface area contributed by atoms with Gasteiger partial charge in [0.2, 0.25) is 11.8 Å². The van der Waals surface area contributed by atoms with Crippen LogP contribution in [0.5, 0.6) is 11.5 Å². The topological polar surface area (TPSA) is 226 Å². The summed E-state index contributed by atoms with van der Waals surface area (Å²) in [6.45, 7) is 5.83. The molecule has 0 fully saturated rings. The number of nitrogens with one attached hydrogen (secondary N) is 4. The minimum Gasteiger partial charge on any atom is -0.488 e. The Labute approximate surface area is 414 Å². The molecule has 18 heteroatoms. The largest absolute Gasteiger partial charge is 0.488 e. The van der Waals surface area contributed by atoms with Crippen LogP contribution in [-0.4, -0.2) is 86.4 Å². The van der Waals surface area contributed by atoms with E-state index in [9.17, 15) is 19.2 Å². The van der Waals surface area contributed by atoms with Crippen molar-refractivity contribution >= 4 is 23.6 Å². The van der Waals surface area contributed by atoms with Crippen molar-refractivity contribution < 1.29 is 28.7 Å². The summed E-state index contributed by atoms with van der Waals surface area (Å²) in [6.07, 6.45) is 13.2. The van der Waals surface area contributed by atoms with Crippen LogP contribution < -0.4 is 20.1 Å². The SMILES string of the molecule is CCCN(Cc1ncc(-c2cc3c4c(c2)OCc2cc(-c5cnc(CN(CCC)C(=O)[C@H](NC(=O)c6cncnc6)c6ccccc6)[nH]5)cc(c2-4)OC3)[nH]1)C(=O)[C@H](NC(=O)c1cncnc1)c1ccccc1. The van der Waals surface area contributed by atoms with Gasteiger partial charge >= 0.3 is 0 Å². The van der Waals surface area contributed by atoms with Crippen LogP contribution in [-0.2, 0) is 35.9 Å². The zero-order valence-corrected chi connectivity index (χ0v) is 39.5. The number of carbonyl (C=O) groups excluding carboxylic acids is 4. The zero-order valence-electron chi connectivity index (χ0n) is 39.5. The van der Waals surface area contributed by atoms with Crippen LogP contribution >= 0.6 is 0 Å². The molecule has 0 unspecified atom stereocenters. The molecule has 4 amide bonds. The van der Waals surface area contributed by atoms with E-state index in [0.29, 0.717) is 61.9 Å². The molecule has 2 aliphatic heterocycles. The molecule has 2 aliphatic rings. The number of hydrogen-bond donors (Lipinski definition) is 4. The fraction of sp³-hybridized carbons (Fsp3) is 0.222. The normalized spacial score (nSPS) is 12.9. The third-order valence-corrected chi connectivity index (χ3v) is 12.5. The summed E-state index contributed by atoms with van der Waals surface area (Å²) in [6, 6.07) is 24.5. The molecule has 362 valence electrons. The summed E-state index contributed by atoms with van der Waals surface area (Å²) in [4.78, 5) is 90.7. The number of imidazole rings is 2. The molecular formula is C54H50N12O6. The highest BCUT2D eigenvalue weighted by molar-refractivity contribution is 5.98. The summed E-state index contributed by atoms with van der Waals surface area (Å²) in [5, 5.41) is 5.81. The molecule has 18 nitrogen and oxygen atoms in total. The number of ether oxygens (including phenoxy) is 2. The van der Waals surface area contributed by atoms with Crippen LogP contribution in [0, 0.1) is 0 Å². The van der Waals surface area contributed by atoms with Crippen LogP contribution in [0.15, 0.2) is 135 Å². The summed E-state index contributed by atoms with van der Waals surface area (Å²) in [7, 11) is 0. The average molecular weight is 963 g/mol. The van der Waals surface area contributed by atoms with Gasteiger partial charge in [-0.05, 0) is 48.2 Å². The molecular weight excluding hydrogens is 913 g/mol. The maximum absolute atomic E-state index is 14.3. The molecule has 8 aromatic rings. The van der Waals surface area contributed by atoms with Gasteiger partial charge in [-0.25, -0.2) is 29.9 Å². The second-order valence-corrected chi connectivity index (χ2v) is 17.5. The van der Waals surface area contributed by atoms with Crippen LogP contribution in [0.4, 0.5) is 0 Å². The van der Waals surface area contributed by atoms with Gasteiger partial charge in [0.1, 0.15) is 61.1 Å². The van der Waals surface area contributed by atoms with Crippen molar-refractivity contribution in [1.82, 2.24) is 60.3 Å².